The molecule has 3 N–H and O–H groups in total. The van der Waals surface area contributed by atoms with Crippen molar-refractivity contribution in [1.29, 1.82) is 0 Å². The Hall–Kier alpha value is -1.56. The second-order valence-corrected chi connectivity index (χ2v) is 4.91. The summed E-state index contributed by atoms with van der Waals surface area (Å²) in [6.45, 7) is 1.28. The number of carbonyl (C=O) groups is 2. The number of rotatable bonds is 5. The molecule has 5 nitrogen and oxygen atoms in total. The highest BCUT2D eigenvalue weighted by Gasteiger charge is 2.23. The standard InChI is InChI=1S/C13H13Cl2NO4/c1-7(17)12(13(19)20)16-11(18)5-3-8-2-4-9(14)6-10(8)15/h2-7,12,17H,1H3,(H,16,18)(H,19,20)/b5-3+/t7-,12+/m1/s1. The smallest absolute Gasteiger partial charge is 0.328 e. The topological polar surface area (TPSA) is 86.6 Å². The highest BCUT2D eigenvalue weighted by molar-refractivity contribution is 6.35. The van der Waals surface area contributed by atoms with Gasteiger partial charge < -0.3 is 15.5 Å². The molecule has 0 aliphatic rings. The van der Waals surface area contributed by atoms with E-state index >= 15 is 0 Å². The predicted molar refractivity (Wildman–Crippen MR) is 76.7 cm³/mol. The van der Waals surface area contributed by atoms with Crippen LogP contribution in [0.5, 0.6) is 0 Å². The monoisotopic (exact) mass is 317 g/mol. The number of carboxylic acid groups (broad SMARTS) is 1. The van der Waals surface area contributed by atoms with Gasteiger partial charge in [0, 0.05) is 16.1 Å². The van der Waals surface area contributed by atoms with Gasteiger partial charge in [0.2, 0.25) is 5.91 Å². The molecule has 0 saturated carbocycles. The minimum Gasteiger partial charge on any atom is -0.480 e. The number of carboxylic acids is 1. The SMILES string of the molecule is C[C@@H](O)[C@H](NC(=O)/C=C/c1ccc(Cl)cc1Cl)C(=O)O. The van der Waals surface area contributed by atoms with Crippen LogP contribution in [-0.2, 0) is 9.59 Å². The maximum atomic E-state index is 11.6. The highest BCUT2D eigenvalue weighted by atomic mass is 35.5. The second-order valence-electron chi connectivity index (χ2n) is 4.06. The highest BCUT2D eigenvalue weighted by Crippen LogP contribution is 2.21. The molecule has 0 aliphatic carbocycles. The lowest BCUT2D eigenvalue weighted by atomic mass is 10.1. The zero-order valence-corrected chi connectivity index (χ0v) is 12.0. The zero-order valence-electron chi connectivity index (χ0n) is 10.5. The fourth-order valence-electron chi connectivity index (χ4n) is 1.39. The molecule has 0 unspecified atom stereocenters. The number of halogens is 2. The quantitative estimate of drug-likeness (QED) is 0.724. The van der Waals surface area contributed by atoms with Crippen molar-refractivity contribution in [3.8, 4) is 0 Å². The van der Waals surface area contributed by atoms with Gasteiger partial charge in [-0.1, -0.05) is 29.3 Å². The van der Waals surface area contributed by atoms with Crippen molar-refractivity contribution >= 4 is 41.2 Å². The van der Waals surface area contributed by atoms with Gasteiger partial charge in [-0.3, -0.25) is 4.79 Å². The molecule has 1 aromatic rings. The maximum Gasteiger partial charge on any atom is 0.328 e. The van der Waals surface area contributed by atoms with Crippen LogP contribution < -0.4 is 5.32 Å². The average molecular weight is 318 g/mol. The van der Waals surface area contributed by atoms with Crippen molar-refractivity contribution in [1.82, 2.24) is 5.32 Å². The average Bonchev–Trinajstić information content (AvgIpc) is 2.34. The van der Waals surface area contributed by atoms with Gasteiger partial charge in [-0.15, -0.1) is 0 Å². The van der Waals surface area contributed by atoms with Crippen molar-refractivity contribution in [2.75, 3.05) is 0 Å². The summed E-state index contributed by atoms with van der Waals surface area (Å²) in [4.78, 5) is 22.4. The minimum absolute atomic E-state index is 0.367. The molecule has 0 saturated heterocycles. The minimum atomic E-state index is -1.37. The third kappa shape index (κ3) is 4.85. The zero-order chi connectivity index (χ0) is 15.3. The van der Waals surface area contributed by atoms with E-state index in [1.54, 1.807) is 12.1 Å². The molecule has 20 heavy (non-hydrogen) atoms. The molecule has 0 radical (unpaired) electrons. The summed E-state index contributed by atoms with van der Waals surface area (Å²) < 4.78 is 0. The third-order valence-electron chi connectivity index (χ3n) is 2.42. The Morgan fingerprint density at radius 2 is 2.00 bits per heavy atom. The first kappa shape index (κ1) is 16.5. The van der Waals surface area contributed by atoms with Gasteiger partial charge >= 0.3 is 5.97 Å². The van der Waals surface area contributed by atoms with Crippen LogP contribution in [0.4, 0.5) is 0 Å². The molecule has 0 spiro atoms. The number of benzene rings is 1. The molecule has 1 rings (SSSR count). The summed E-state index contributed by atoms with van der Waals surface area (Å²) in [5.74, 6) is -1.96. The van der Waals surface area contributed by atoms with E-state index in [4.69, 9.17) is 28.3 Å². The maximum absolute atomic E-state index is 11.6. The lowest BCUT2D eigenvalue weighted by Crippen LogP contribution is -2.47. The van der Waals surface area contributed by atoms with E-state index in [0.29, 0.717) is 15.6 Å². The number of hydrogen-bond donors (Lipinski definition) is 3. The molecule has 1 aromatic carbocycles. The Kier molecular flexibility index (Phi) is 6.01. The summed E-state index contributed by atoms with van der Waals surface area (Å²) in [5.41, 5.74) is 0.565. The molecular formula is C13H13Cl2NO4. The Balaban J connectivity index is 2.75. The Labute approximate surface area is 125 Å². The van der Waals surface area contributed by atoms with Crippen LogP contribution in [0, 0.1) is 0 Å². The Morgan fingerprint density at radius 3 is 2.50 bits per heavy atom. The molecule has 108 valence electrons. The lowest BCUT2D eigenvalue weighted by molar-refractivity contribution is -0.144. The van der Waals surface area contributed by atoms with E-state index in [0.717, 1.165) is 6.08 Å². The van der Waals surface area contributed by atoms with Crippen LogP contribution in [0.2, 0.25) is 10.0 Å². The number of nitrogens with one attached hydrogen (secondary N) is 1. The molecule has 7 heteroatoms. The fraction of sp³-hybridized carbons (Fsp3) is 0.231. The number of aliphatic carboxylic acids is 1. The van der Waals surface area contributed by atoms with Gasteiger partial charge in [-0.25, -0.2) is 4.79 Å². The van der Waals surface area contributed by atoms with Gasteiger partial charge in [0.1, 0.15) is 0 Å². The van der Waals surface area contributed by atoms with E-state index in [9.17, 15) is 14.7 Å². The summed E-state index contributed by atoms with van der Waals surface area (Å²) in [5, 5.41) is 21.1. The molecule has 0 aromatic heterocycles. The van der Waals surface area contributed by atoms with Crippen LogP contribution in [0.3, 0.4) is 0 Å². The molecule has 0 bridgehead atoms. The summed E-state index contributed by atoms with van der Waals surface area (Å²) >= 11 is 11.7. The van der Waals surface area contributed by atoms with E-state index in [2.05, 4.69) is 5.32 Å². The summed E-state index contributed by atoms with van der Waals surface area (Å²) in [6, 6.07) is 3.39. The van der Waals surface area contributed by atoms with E-state index in [1.165, 1.54) is 19.1 Å². The normalized spacial score (nSPS) is 14.0. The van der Waals surface area contributed by atoms with Crippen LogP contribution in [0.1, 0.15) is 12.5 Å². The largest absolute Gasteiger partial charge is 0.480 e. The molecule has 0 fully saturated rings. The third-order valence-corrected chi connectivity index (χ3v) is 2.99. The summed E-state index contributed by atoms with van der Waals surface area (Å²) in [6.07, 6.45) is 1.35. The fourth-order valence-corrected chi connectivity index (χ4v) is 1.86. The van der Waals surface area contributed by atoms with Crippen molar-refractivity contribution in [3.63, 3.8) is 0 Å². The van der Waals surface area contributed by atoms with Gasteiger partial charge in [0.15, 0.2) is 6.04 Å². The predicted octanol–water partition coefficient (Wildman–Crippen LogP) is 1.96. The molecule has 2 atom stereocenters. The van der Waals surface area contributed by atoms with Crippen molar-refractivity contribution in [3.05, 3.63) is 39.9 Å². The molecule has 1 amide bonds. The first-order valence-electron chi connectivity index (χ1n) is 5.65. The van der Waals surface area contributed by atoms with Crippen molar-refractivity contribution in [2.24, 2.45) is 0 Å². The van der Waals surface area contributed by atoms with Gasteiger partial charge in [0.05, 0.1) is 6.10 Å². The van der Waals surface area contributed by atoms with Crippen molar-refractivity contribution < 1.29 is 19.8 Å². The Morgan fingerprint density at radius 1 is 1.35 bits per heavy atom. The summed E-state index contributed by atoms with van der Waals surface area (Å²) in [7, 11) is 0. The second kappa shape index (κ2) is 7.28. The van der Waals surface area contributed by atoms with Gasteiger partial charge in [0.25, 0.3) is 0 Å². The number of aliphatic hydroxyl groups excluding tert-OH is 1. The number of aliphatic hydroxyl groups is 1. The van der Waals surface area contributed by atoms with Crippen molar-refractivity contribution in [2.45, 2.75) is 19.1 Å². The van der Waals surface area contributed by atoms with Gasteiger partial charge in [-0.05, 0) is 30.7 Å². The number of amides is 1. The first-order valence-corrected chi connectivity index (χ1v) is 6.41. The van der Waals surface area contributed by atoms with Crippen LogP contribution in [-0.4, -0.2) is 34.2 Å². The van der Waals surface area contributed by atoms with Gasteiger partial charge in [-0.2, -0.15) is 0 Å². The number of hydrogen-bond acceptors (Lipinski definition) is 3. The van der Waals surface area contributed by atoms with Crippen LogP contribution in [0.25, 0.3) is 6.08 Å². The Bertz CT molecular complexity index is 543. The van der Waals surface area contributed by atoms with E-state index in [1.807, 2.05) is 0 Å². The molecule has 0 heterocycles. The van der Waals surface area contributed by atoms with Crippen LogP contribution >= 0.6 is 23.2 Å². The number of carbonyl (C=O) groups excluding carboxylic acids is 1. The van der Waals surface area contributed by atoms with E-state index < -0.39 is 24.0 Å². The molecule has 0 aliphatic heterocycles. The van der Waals surface area contributed by atoms with E-state index in [-0.39, 0.29) is 0 Å². The molecular weight excluding hydrogens is 305 g/mol. The lowest BCUT2D eigenvalue weighted by Gasteiger charge is -2.15. The van der Waals surface area contributed by atoms with Crippen LogP contribution in [0.15, 0.2) is 24.3 Å². The first-order chi connectivity index (χ1) is 9.31.